The molecule has 0 saturated carbocycles. The second kappa shape index (κ2) is 10.2. The van der Waals surface area contributed by atoms with E-state index < -0.39 is 16.0 Å². The zero-order valence-electron chi connectivity index (χ0n) is 20.1. The van der Waals surface area contributed by atoms with Crippen molar-refractivity contribution < 1.29 is 23.1 Å². The number of sulfonamides is 1. The normalized spacial score (nSPS) is 15.5. The number of rotatable bonds is 9. The molecule has 1 fully saturated rings. The van der Waals surface area contributed by atoms with Gasteiger partial charge in [0.15, 0.2) is 0 Å². The molecule has 8 nitrogen and oxygen atoms in total. The predicted octanol–water partition coefficient (Wildman–Crippen LogP) is 4.20. The Morgan fingerprint density at radius 2 is 1.89 bits per heavy atom. The number of pyridine rings is 1. The molecule has 3 aromatic rings. The Hall–Kier alpha value is -3.17. The van der Waals surface area contributed by atoms with Crippen LogP contribution in [-0.4, -0.2) is 52.5 Å². The number of allylic oxidation sites excluding steroid dienone is 1. The number of hydrogen-bond acceptors (Lipinski definition) is 5. The van der Waals surface area contributed by atoms with Gasteiger partial charge in [0.1, 0.15) is 17.9 Å². The van der Waals surface area contributed by atoms with Crippen molar-refractivity contribution in [2.24, 2.45) is 0 Å². The summed E-state index contributed by atoms with van der Waals surface area (Å²) in [7, 11) is -3.60. The standard InChI is InChI=1S/C26H31N3O5S/c1-4-5-20-6-11-23-24(16-28(17-25(30)31)26(23)27-20)19-12-14-29(15-13-19)35(32,33)22-9-7-21(8-10-22)34-18(2)3/h4,6-11,16,18-19H,1,5,12-15,17H2,2-3H3,(H,30,31). The topological polar surface area (TPSA) is 102 Å². The molecule has 186 valence electrons. The lowest BCUT2D eigenvalue weighted by atomic mass is 9.90. The van der Waals surface area contributed by atoms with Gasteiger partial charge in [0.2, 0.25) is 10.0 Å². The molecule has 0 radical (unpaired) electrons. The van der Waals surface area contributed by atoms with Crippen LogP contribution < -0.4 is 4.74 Å². The molecule has 2 aromatic heterocycles. The molecule has 0 unspecified atom stereocenters. The van der Waals surface area contributed by atoms with E-state index in [2.05, 4.69) is 11.6 Å². The summed E-state index contributed by atoms with van der Waals surface area (Å²) in [6, 6.07) is 10.5. The van der Waals surface area contributed by atoms with Crippen LogP contribution in [0.3, 0.4) is 0 Å². The number of carbonyl (C=O) groups is 1. The molecule has 0 spiro atoms. The number of benzene rings is 1. The van der Waals surface area contributed by atoms with Gasteiger partial charge in [-0.15, -0.1) is 6.58 Å². The minimum Gasteiger partial charge on any atom is -0.491 e. The SMILES string of the molecule is C=CCc1ccc2c(C3CCN(S(=O)(=O)c4ccc(OC(C)C)cc4)CC3)cn(CC(=O)O)c2n1. The van der Waals surface area contributed by atoms with Crippen molar-refractivity contribution in [3.8, 4) is 5.75 Å². The first-order valence-corrected chi connectivity index (χ1v) is 13.2. The number of fused-ring (bicyclic) bond motifs is 1. The average Bonchev–Trinajstić information content (AvgIpc) is 3.16. The van der Waals surface area contributed by atoms with E-state index in [4.69, 9.17) is 4.74 Å². The van der Waals surface area contributed by atoms with E-state index in [0.717, 1.165) is 16.6 Å². The highest BCUT2D eigenvalue weighted by atomic mass is 32.2. The molecule has 1 N–H and O–H groups in total. The van der Waals surface area contributed by atoms with Crippen molar-refractivity contribution in [1.82, 2.24) is 13.9 Å². The van der Waals surface area contributed by atoms with Gasteiger partial charge in [0.25, 0.3) is 0 Å². The minimum atomic E-state index is -3.60. The molecule has 0 amide bonds. The van der Waals surface area contributed by atoms with Gasteiger partial charge in [-0.2, -0.15) is 4.31 Å². The molecule has 9 heteroatoms. The van der Waals surface area contributed by atoms with E-state index in [1.807, 2.05) is 32.2 Å². The maximum Gasteiger partial charge on any atom is 0.323 e. The van der Waals surface area contributed by atoms with E-state index in [1.165, 1.54) is 4.31 Å². The number of carboxylic acid groups (broad SMARTS) is 1. The monoisotopic (exact) mass is 497 g/mol. The van der Waals surface area contributed by atoms with Crippen LogP contribution in [0.4, 0.5) is 0 Å². The zero-order chi connectivity index (χ0) is 25.2. The quantitative estimate of drug-likeness (QED) is 0.445. The van der Waals surface area contributed by atoms with Crippen molar-refractivity contribution in [1.29, 1.82) is 0 Å². The molecular weight excluding hydrogens is 466 g/mol. The van der Waals surface area contributed by atoms with Crippen molar-refractivity contribution >= 4 is 27.0 Å². The first-order chi connectivity index (χ1) is 16.7. The van der Waals surface area contributed by atoms with E-state index in [9.17, 15) is 18.3 Å². The van der Waals surface area contributed by atoms with Gasteiger partial charge in [-0.05, 0) is 74.6 Å². The third kappa shape index (κ3) is 5.41. The maximum atomic E-state index is 13.2. The first kappa shape index (κ1) is 24.9. The van der Waals surface area contributed by atoms with E-state index in [-0.39, 0.29) is 23.5 Å². The lowest BCUT2D eigenvalue weighted by molar-refractivity contribution is -0.137. The van der Waals surface area contributed by atoms with Gasteiger partial charge in [-0.25, -0.2) is 13.4 Å². The highest BCUT2D eigenvalue weighted by Crippen LogP contribution is 2.36. The van der Waals surface area contributed by atoms with E-state index in [0.29, 0.717) is 43.7 Å². The Kier molecular flexibility index (Phi) is 7.28. The van der Waals surface area contributed by atoms with E-state index >= 15 is 0 Å². The number of aliphatic carboxylic acids is 1. The molecule has 1 aromatic carbocycles. The number of aromatic nitrogens is 2. The molecule has 0 bridgehead atoms. The third-order valence-corrected chi connectivity index (χ3v) is 8.11. The summed E-state index contributed by atoms with van der Waals surface area (Å²) in [4.78, 5) is 16.3. The van der Waals surface area contributed by atoms with Gasteiger partial charge < -0.3 is 14.4 Å². The second-order valence-corrected chi connectivity index (χ2v) is 11.0. The molecule has 4 rings (SSSR count). The van der Waals surface area contributed by atoms with Crippen LogP contribution in [0.25, 0.3) is 11.0 Å². The predicted molar refractivity (Wildman–Crippen MR) is 134 cm³/mol. The van der Waals surface area contributed by atoms with Gasteiger partial charge in [-0.3, -0.25) is 4.79 Å². The summed E-state index contributed by atoms with van der Waals surface area (Å²) in [6.45, 7) is 8.20. The molecule has 1 saturated heterocycles. The lowest BCUT2D eigenvalue weighted by Gasteiger charge is -2.31. The van der Waals surface area contributed by atoms with Crippen LogP contribution >= 0.6 is 0 Å². The van der Waals surface area contributed by atoms with Crippen LogP contribution in [0.2, 0.25) is 0 Å². The number of carboxylic acids is 1. The maximum absolute atomic E-state index is 13.2. The molecule has 3 heterocycles. The van der Waals surface area contributed by atoms with Gasteiger partial charge in [-0.1, -0.05) is 6.08 Å². The Labute approximate surface area is 205 Å². The number of piperidine rings is 1. The van der Waals surface area contributed by atoms with Crippen LogP contribution in [0, 0.1) is 0 Å². The zero-order valence-corrected chi connectivity index (χ0v) is 20.9. The second-order valence-electron chi connectivity index (χ2n) is 9.09. The summed E-state index contributed by atoms with van der Waals surface area (Å²) >= 11 is 0. The summed E-state index contributed by atoms with van der Waals surface area (Å²) < 4.78 is 35.2. The fourth-order valence-corrected chi connectivity index (χ4v) is 6.07. The Bertz CT molecular complexity index is 1320. The van der Waals surface area contributed by atoms with Crippen molar-refractivity contribution in [3.05, 3.63) is 66.5 Å². The molecule has 35 heavy (non-hydrogen) atoms. The number of hydrogen-bond donors (Lipinski definition) is 1. The number of ether oxygens (including phenoxy) is 1. The Morgan fingerprint density at radius 3 is 2.49 bits per heavy atom. The number of nitrogens with zero attached hydrogens (tertiary/aromatic N) is 3. The molecule has 1 aliphatic rings. The summed E-state index contributed by atoms with van der Waals surface area (Å²) in [5.74, 6) is -0.178. The lowest BCUT2D eigenvalue weighted by Crippen LogP contribution is -2.37. The average molecular weight is 498 g/mol. The largest absolute Gasteiger partial charge is 0.491 e. The fourth-order valence-electron chi connectivity index (χ4n) is 4.60. The molecule has 0 aliphatic carbocycles. The first-order valence-electron chi connectivity index (χ1n) is 11.8. The van der Waals surface area contributed by atoms with Crippen LogP contribution in [0.5, 0.6) is 5.75 Å². The Balaban J connectivity index is 1.53. The Morgan fingerprint density at radius 1 is 1.20 bits per heavy atom. The highest BCUT2D eigenvalue weighted by molar-refractivity contribution is 7.89. The van der Waals surface area contributed by atoms with Crippen LogP contribution in [0.1, 0.15) is 43.9 Å². The summed E-state index contributed by atoms with van der Waals surface area (Å²) in [6.07, 6.45) is 5.54. The fraction of sp³-hybridized carbons (Fsp3) is 0.385. The summed E-state index contributed by atoms with van der Waals surface area (Å²) in [5, 5.41) is 10.3. The van der Waals surface area contributed by atoms with Gasteiger partial charge in [0, 0.05) is 36.8 Å². The molecular formula is C26H31N3O5S. The molecule has 1 aliphatic heterocycles. The minimum absolute atomic E-state index is 0.0155. The van der Waals surface area contributed by atoms with E-state index in [1.54, 1.807) is 34.9 Å². The van der Waals surface area contributed by atoms with Crippen LogP contribution in [-0.2, 0) is 27.8 Å². The third-order valence-electron chi connectivity index (χ3n) is 6.20. The smallest absolute Gasteiger partial charge is 0.323 e. The van der Waals surface area contributed by atoms with Gasteiger partial charge in [0.05, 0.1) is 11.0 Å². The van der Waals surface area contributed by atoms with Crippen molar-refractivity contribution in [2.45, 2.75) is 56.6 Å². The van der Waals surface area contributed by atoms with Crippen molar-refractivity contribution in [3.63, 3.8) is 0 Å². The van der Waals surface area contributed by atoms with Crippen molar-refractivity contribution in [2.75, 3.05) is 13.1 Å². The van der Waals surface area contributed by atoms with Crippen LogP contribution in [0.15, 0.2) is 60.1 Å². The summed E-state index contributed by atoms with van der Waals surface area (Å²) in [5.41, 5.74) is 2.49. The molecule has 0 atom stereocenters. The highest BCUT2D eigenvalue weighted by Gasteiger charge is 2.31. The van der Waals surface area contributed by atoms with Gasteiger partial charge >= 0.3 is 5.97 Å².